The second kappa shape index (κ2) is 6.05. The number of carbonyl (C=O) groups is 2. The first-order valence-corrected chi connectivity index (χ1v) is 8.21. The van der Waals surface area contributed by atoms with Crippen LogP contribution in [0.15, 0.2) is 53.4 Å². The van der Waals surface area contributed by atoms with Gasteiger partial charge in [-0.3, -0.25) is 14.5 Å². The molecule has 0 spiro atoms. The van der Waals surface area contributed by atoms with Crippen LogP contribution in [-0.4, -0.2) is 22.8 Å². The first kappa shape index (κ1) is 14.8. The van der Waals surface area contributed by atoms with Crippen molar-refractivity contribution in [2.45, 2.75) is 6.54 Å². The van der Waals surface area contributed by atoms with E-state index in [1.165, 1.54) is 4.90 Å². The van der Waals surface area contributed by atoms with Crippen LogP contribution >= 0.6 is 11.8 Å². The van der Waals surface area contributed by atoms with Crippen molar-refractivity contribution >= 4 is 29.0 Å². The van der Waals surface area contributed by atoms with Gasteiger partial charge in [-0.1, -0.05) is 36.4 Å². The number of hydrogen-bond donors (Lipinski definition) is 0. The molecular formula is C18H13NO4S. The summed E-state index contributed by atoms with van der Waals surface area (Å²) in [5.74, 6) is 1.06. The molecule has 1 saturated heterocycles. The molecule has 6 heteroatoms. The van der Waals surface area contributed by atoms with E-state index in [-0.39, 0.29) is 24.5 Å². The molecule has 0 aromatic heterocycles. The number of rotatable bonds is 3. The van der Waals surface area contributed by atoms with Crippen molar-refractivity contribution in [3.63, 3.8) is 0 Å². The summed E-state index contributed by atoms with van der Waals surface area (Å²) >= 11 is 0.956. The van der Waals surface area contributed by atoms with Crippen LogP contribution in [0.25, 0.3) is 6.08 Å². The number of nitrogens with zero attached hydrogens (tertiary/aromatic N) is 1. The van der Waals surface area contributed by atoms with Crippen LogP contribution in [0.2, 0.25) is 0 Å². The third-order valence-electron chi connectivity index (χ3n) is 3.75. The molecule has 0 unspecified atom stereocenters. The molecule has 0 aliphatic carbocycles. The molecule has 24 heavy (non-hydrogen) atoms. The molecule has 2 aliphatic rings. The lowest BCUT2D eigenvalue weighted by molar-refractivity contribution is -0.123. The van der Waals surface area contributed by atoms with E-state index in [0.29, 0.717) is 16.4 Å². The number of hydrogen-bond acceptors (Lipinski definition) is 5. The van der Waals surface area contributed by atoms with Crippen molar-refractivity contribution in [3.05, 3.63) is 64.6 Å². The van der Waals surface area contributed by atoms with Crippen LogP contribution in [-0.2, 0) is 11.3 Å². The Kier molecular flexibility index (Phi) is 3.74. The molecule has 0 atom stereocenters. The predicted octanol–water partition coefficient (Wildman–Crippen LogP) is 3.65. The van der Waals surface area contributed by atoms with E-state index in [0.717, 1.165) is 22.9 Å². The second-order valence-corrected chi connectivity index (χ2v) is 6.36. The van der Waals surface area contributed by atoms with Crippen LogP contribution in [0.4, 0.5) is 4.79 Å². The van der Waals surface area contributed by atoms with E-state index < -0.39 is 0 Å². The highest BCUT2D eigenvalue weighted by Crippen LogP contribution is 2.36. The number of fused-ring (bicyclic) bond motifs is 1. The van der Waals surface area contributed by atoms with Crippen molar-refractivity contribution in [3.8, 4) is 11.5 Å². The SMILES string of the molecule is O=C1S/C(=C/c2ccc3c(c2)OCO3)C(=O)N1Cc1ccccc1. The highest BCUT2D eigenvalue weighted by Gasteiger charge is 2.35. The quantitative estimate of drug-likeness (QED) is 0.799. The van der Waals surface area contributed by atoms with E-state index in [9.17, 15) is 9.59 Å². The lowest BCUT2D eigenvalue weighted by atomic mass is 10.2. The summed E-state index contributed by atoms with van der Waals surface area (Å²) in [6.07, 6.45) is 1.71. The van der Waals surface area contributed by atoms with Crippen LogP contribution in [0.5, 0.6) is 11.5 Å². The summed E-state index contributed by atoms with van der Waals surface area (Å²) in [6.45, 7) is 0.483. The molecule has 1 fully saturated rings. The van der Waals surface area contributed by atoms with Gasteiger partial charge in [-0.05, 0) is 41.1 Å². The summed E-state index contributed by atoms with van der Waals surface area (Å²) in [6, 6.07) is 14.9. The highest BCUT2D eigenvalue weighted by molar-refractivity contribution is 8.18. The molecule has 2 aliphatic heterocycles. The Morgan fingerprint density at radius 2 is 1.83 bits per heavy atom. The van der Waals surface area contributed by atoms with Crippen molar-refractivity contribution in [2.24, 2.45) is 0 Å². The number of carbonyl (C=O) groups excluding carboxylic acids is 2. The average molecular weight is 339 g/mol. The summed E-state index contributed by atoms with van der Waals surface area (Å²) in [4.78, 5) is 26.4. The van der Waals surface area contributed by atoms with E-state index in [1.54, 1.807) is 18.2 Å². The molecule has 2 amide bonds. The highest BCUT2D eigenvalue weighted by atomic mass is 32.2. The first-order chi connectivity index (χ1) is 11.7. The molecule has 0 saturated carbocycles. The summed E-state index contributed by atoms with van der Waals surface area (Å²) in [5, 5.41) is -0.254. The third-order valence-corrected chi connectivity index (χ3v) is 4.66. The second-order valence-electron chi connectivity index (χ2n) is 5.37. The minimum atomic E-state index is -0.272. The zero-order valence-corrected chi connectivity index (χ0v) is 13.4. The van der Waals surface area contributed by atoms with E-state index in [1.807, 2.05) is 36.4 Å². The third kappa shape index (κ3) is 2.76. The van der Waals surface area contributed by atoms with Crippen molar-refractivity contribution in [2.75, 3.05) is 6.79 Å². The van der Waals surface area contributed by atoms with Gasteiger partial charge in [0.15, 0.2) is 11.5 Å². The Bertz CT molecular complexity index is 847. The summed E-state index contributed by atoms with van der Waals surface area (Å²) < 4.78 is 10.6. The van der Waals surface area contributed by atoms with Gasteiger partial charge in [0.05, 0.1) is 11.4 Å². The molecule has 0 bridgehead atoms. The molecule has 4 rings (SSSR count). The molecule has 2 aromatic rings. The maximum Gasteiger partial charge on any atom is 0.293 e. The van der Waals surface area contributed by atoms with Gasteiger partial charge in [-0.15, -0.1) is 0 Å². The normalized spacial score (nSPS) is 17.8. The van der Waals surface area contributed by atoms with Gasteiger partial charge in [-0.2, -0.15) is 0 Å². The fraction of sp³-hybridized carbons (Fsp3) is 0.111. The Balaban J connectivity index is 1.56. The van der Waals surface area contributed by atoms with Gasteiger partial charge in [0.2, 0.25) is 6.79 Å². The van der Waals surface area contributed by atoms with Gasteiger partial charge in [0, 0.05) is 0 Å². The maximum absolute atomic E-state index is 12.5. The predicted molar refractivity (Wildman–Crippen MR) is 90.5 cm³/mol. The smallest absolute Gasteiger partial charge is 0.293 e. The minimum Gasteiger partial charge on any atom is -0.454 e. The number of amides is 2. The lowest BCUT2D eigenvalue weighted by Crippen LogP contribution is -2.27. The summed E-state index contributed by atoms with van der Waals surface area (Å²) in [5.41, 5.74) is 1.72. The van der Waals surface area contributed by atoms with Gasteiger partial charge in [-0.25, -0.2) is 0 Å². The monoisotopic (exact) mass is 339 g/mol. The van der Waals surface area contributed by atoms with Crippen molar-refractivity contribution in [1.29, 1.82) is 0 Å². The summed E-state index contributed by atoms with van der Waals surface area (Å²) in [7, 11) is 0. The molecule has 120 valence electrons. The van der Waals surface area contributed by atoms with Gasteiger partial charge < -0.3 is 9.47 Å². The van der Waals surface area contributed by atoms with Gasteiger partial charge >= 0.3 is 0 Å². The molecule has 2 aromatic carbocycles. The fourth-order valence-electron chi connectivity index (χ4n) is 2.56. The number of benzene rings is 2. The Hall–Kier alpha value is -2.73. The van der Waals surface area contributed by atoms with Crippen LogP contribution in [0.1, 0.15) is 11.1 Å². The van der Waals surface area contributed by atoms with E-state index >= 15 is 0 Å². The van der Waals surface area contributed by atoms with Crippen LogP contribution in [0, 0.1) is 0 Å². The molecule has 0 N–H and O–H groups in total. The minimum absolute atomic E-state index is 0.201. The zero-order chi connectivity index (χ0) is 16.5. The first-order valence-electron chi connectivity index (χ1n) is 7.40. The number of thioether (sulfide) groups is 1. The number of ether oxygens (including phenoxy) is 2. The number of imide groups is 1. The Morgan fingerprint density at radius 1 is 1.04 bits per heavy atom. The van der Waals surface area contributed by atoms with E-state index in [4.69, 9.17) is 9.47 Å². The standard InChI is InChI=1S/C18H13NO4S/c20-17-16(9-13-6-7-14-15(8-13)23-11-22-14)24-18(21)19(17)10-12-4-2-1-3-5-12/h1-9H,10-11H2/b16-9+. The van der Waals surface area contributed by atoms with Crippen molar-refractivity contribution in [1.82, 2.24) is 4.90 Å². The Labute approximate surface area is 142 Å². The van der Waals surface area contributed by atoms with Crippen LogP contribution in [0.3, 0.4) is 0 Å². The molecule has 5 nitrogen and oxygen atoms in total. The fourth-order valence-corrected chi connectivity index (χ4v) is 3.39. The molecular weight excluding hydrogens is 326 g/mol. The maximum atomic E-state index is 12.5. The molecule has 0 radical (unpaired) electrons. The largest absolute Gasteiger partial charge is 0.454 e. The lowest BCUT2D eigenvalue weighted by Gasteiger charge is -2.12. The topological polar surface area (TPSA) is 55.8 Å². The van der Waals surface area contributed by atoms with Crippen molar-refractivity contribution < 1.29 is 19.1 Å². The Morgan fingerprint density at radius 3 is 2.67 bits per heavy atom. The zero-order valence-electron chi connectivity index (χ0n) is 12.6. The van der Waals surface area contributed by atoms with Gasteiger partial charge in [0.25, 0.3) is 11.1 Å². The average Bonchev–Trinajstić information content (AvgIpc) is 3.16. The molecule has 2 heterocycles. The van der Waals surface area contributed by atoms with Gasteiger partial charge in [0.1, 0.15) is 0 Å². The van der Waals surface area contributed by atoms with E-state index in [2.05, 4.69) is 0 Å². The van der Waals surface area contributed by atoms with Crippen LogP contribution < -0.4 is 9.47 Å².